The molecule has 2 heterocycles. The van der Waals surface area contributed by atoms with Crippen molar-refractivity contribution in [3.8, 4) is 0 Å². The molecule has 0 saturated carbocycles. The Bertz CT molecular complexity index is 593. The Morgan fingerprint density at radius 2 is 1.93 bits per heavy atom. The van der Waals surface area contributed by atoms with E-state index in [0.717, 1.165) is 64.9 Å². The molecule has 2 aliphatic heterocycles. The van der Waals surface area contributed by atoms with E-state index in [9.17, 15) is 0 Å². The van der Waals surface area contributed by atoms with Gasteiger partial charge >= 0.3 is 0 Å². The fourth-order valence-electron chi connectivity index (χ4n) is 3.89. The van der Waals surface area contributed by atoms with Crippen LogP contribution < -0.4 is 10.6 Å². The SMILES string of the molecule is CN=C(NCCCOCC1CCOC1)NCc1ccc(CN2CCCCC2)cc1. The summed E-state index contributed by atoms with van der Waals surface area (Å²) < 4.78 is 11.1. The first-order valence-electron chi connectivity index (χ1n) is 11.2. The molecule has 2 N–H and O–H groups in total. The molecule has 2 fully saturated rings. The van der Waals surface area contributed by atoms with Crippen LogP contribution in [0.3, 0.4) is 0 Å². The molecule has 6 nitrogen and oxygen atoms in total. The Morgan fingerprint density at radius 3 is 2.66 bits per heavy atom. The molecule has 0 amide bonds. The summed E-state index contributed by atoms with van der Waals surface area (Å²) in [6.45, 7) is 8.54. The number of nitrogens with one attached hydrogen (secondary N) is 2. The largest absolute Gasteiger partial charge is 0.381 e. The topological polar surface area (TPSA) is 58.1 Å². The highest BCUT2D eigenvalue weighted by Crippen LogP contribution is 2.14. The van der Waals surface area contributed by atoms with Gasteiger partial charge in [0.2, 0.25) is 0 Å². The molecular formula is C23H38N4O2. The highest BCUT2D eigenvalue weighted by atomic mass is 16.5. The first-order chi connectivity index (χ1) is 14.3. The van der Waals surface area contributed by atoms with Crippen molar-refractivity contribution in [3.63, 3.8) is 0 Å². The monoisotopic (exact) mass is 402 g/mol. The average Bonchev–Trinajstić information content (AvgIpc) is 3.28. The lowest BCUT2D eigenvalue weighted by Gasteiger charge is -2.26. The number of rotatable bonds is 10. The van der Waals surface area contributed by atoms with E-state index in [2.05, 4.69) is 44.8 Å². The van der Waals surface area contributed by atoms with Crippen LogP contribution in [0.1, 0.15) is 43.2 Å². The van der Waals surface area contributed by atoms with Gasteiger partial charge in [-0.1, -0.05) is 30.7 Å². The van der Waals surface area contributed by atoms with E-state index < -0.39 is 0 Å². The van der Waals surface area contributed by atoms with Gasteiger partial charge in [0.15, 0.2) is 5.96 Å². The number of nitrogens with zero attached hydrogens (tertiary/aromatic N) is 2. The van der Waals surface area contributed by atoms with Crippen molar-refractivity contribution < 1.29 is 9.47 Å². The summed E-state index contributed by atoms with van der Waals surface area (Å²) in [6, 6.07) is 8.96. The molecule has 0 aromatic heterocycles. The Morgan fingerprint density at radius 1 is 1.14 bits per heavy atom. The summed E-state index contributed by atoms with van der Waals surface area (Å²) in [6.07, 6.45) is 6.18. The van der Waals surface area contributed by atoms with Gasteiger partial charge in [0.1, 0.15) is 0 Å². The van der Waals surface area contributed by atoms with E-state index in [4.69, 9.17) is 9.47 Å². The highest BCUT2D eigenvalue weighted by molar-refractivity contribution is 5.79. The quantitative estimate of drug-likeness (QED) is 0.358. The van der Waals surface area contributed by atoms with Gasteiger partial charge in [-0.15, -0.1) is 0 Å². The summed E-state index contributed by atoms with van der Waals surface area (Å²) in [5.41, 5.74) is 2.68. The predicted molar refractivity (Wildman–Crippen MR) is 118 cm³/mol. The molecule has 0 radical (unpaired) electrons. The van der Waals surface area contributed by atoms with E-state index in [1.165, 1.54) is 43.5 Å². The molecule has 2 saturated heterocycles. The van der Waals surface area contributed by atoms with Crippen LogP contribution in [0, 0.1) is 5.92 Å². The lowest BCUT2D eigenvalue weighted by Crippen LogP contribution is -2.37. The lowest BCUT2D eigenvalue weighted by molar-refractivity contribution is 0.0888. The minimum absolute atomic E-state index is 0.587. The molecule has 1 aromatic rings. The van der Waals surface area contributed by atoms with Gasteiger partial charge in [0, 0.05) is 45.8 Å². The van der Waals surface area contributed by atoms with Crippen molar-refractivity contribution in [3.05, 3.63) is 35.4 Å². The summed E-state index contributed by atoms with van der Waals surface area (Å²) in [5.74, 6) is 1.43. The van der Waals surface area contributed by atoms with Gasteiger partial charge < -0.3 is 20.1 Å². The van der Waals surface area contributed by atoms with E-state index in [-0.39, 0.29) is 0 Å². The van der Waals surface area contributed by atoms with Gasteiger partial charge in [0.05, 0.1) is 13.2 Å². The Kier molecular flexibility index (Phi) is 9.76. The number of benzene rings is 1. The molecule has 2 aliphatic rings. The van der Waals surface area contributed by atoms with Gasteiger partial charge in [-0.05, 0) is 49.9 Å². The van der Waals surface area contributed by atoms with E-state index in [1.54, 1.807) is 0 Å². The molecule has 0 spiro atoms. The van der Waals surface area contributed by atoms with Crippen LogP contribution in [-0.2, 0) is 22.6 Å². The first-order valence-corrected chi connectivity index (χ1v) is 11.2. The average molecular weight is 403 g/mol. The summed E-state index contributed by atoms with van der Waals surface area (Å²) in [5, 5.41) is 6.75. The maximum Gasteiger partial charge on any atom is 0.191 e. The second-order valence-corrected chi connectivity index (χ2v) is 8.16. The maximum absolute atomic E-state index is 5.74. The van der Waals surface area contributed by atoms with Crippen molar-refractivity contribution in [2.24, 2.45) is 10.9 Å². The Hall–Kier alpha value is -1.63. The van der Waals surface area contributed by atoms with Gasteiger partial charge in [-0.3, -0.25) is 9.89 Å². The minimum atomic E-state index is 0.587. The second-order valence-electron chi connectivity index (χ2n) is 8.16. The van der Waals surface area contributed by atoms with E-state index in [1.807, 2.05) is 7.05 Å². The molecule has 0 aliphatic carbocycles. The van der Waals surface area contributed by atoms with E-state index in [0.29, 0.717) is 5.92 Å². The predicted octanol–water partition coefficient (Wildman–Crippen LogP) is 2.78. The molecule has 1 unspecified atom stereocenters. The van der Waals surface area contributed by atoms with Crippen molar-refractivity contribution >= 4 is 5.96 Å². The molecule has 29 heavy (non-hydrogen) atoms. The zero-order valence-electron chi connectivity index (χ0n) is 18.0. The Balaban J connectivity index is 1.27. The van der Waals surface area contributed by atoms with Crippen LogP contribution in [0.5, 0.6) is 0 Å². The van der Waals surface area contributed by atoms with Gasteiger partial charge in [0.25, 0.3) is 0 Å². The fraction of sp³-hybridized carbons (Fsp3) is 0.696. The number of ether oxygens (including phenoxy) is 2. The molecule has 6 heteroatoms. The summed E-state index contributed by atoms with van der Waals surface area (Å²) in [4.78, 5) is 6.87. The standard InChI is InChI=1S/C23H38N4O2/c1-24-23(25-11-5-14-28-18-22-10-15-29-19-22)26-16-20-6-8-21(9-7-20)17-27-12-3-2-4-13-27/h6-9,22H,2-5,10-19H2,1H3,(H2,24,25,26). The lowest BCUT2D eigenvalue weighted by atomic mass is 10.1. The molecule has 3 rings (SSSR count). The number of hydrogen-bond acceptors (Lipinski definition) is 4. The van der Waals surface area contributed by atoms with Crippen LogP contribution >= 0.6 is 0 Å². The molecule has 162 valence electrons. The smallest absolute Gasteiger partial charge is 0.191 e. The normalized spacial score (nSPS) is 20.7. The van der Waals surface area contributed by atoms with Crippen LogP contribution in [-0.4, -0.2) is 64.0 Å². The van der Waals surface area contributed by atoms with Crippen molar-refractivity contribution in [1.82, 2.24) is 15.5 Å². The van der Waals surface area contributed by atoms with Crippen LogP contribution in [0.2, 0.25) is 0 Å². The number of aliphatic imine (C=N–C) groups is 1. The Labute approximate surface area is 176 Å². The third-order valence-electron chi connectivity index (χ3n) is 5.70. The zero-order chi connectivity index (χ0) is 20.2. The van der Waals surface area contributed by atoms with Crippen LogP contribution in [0.25, 0.3) is 0 Å². The molecular weight excluding hydrogens is 364 g/mol. The zero-order valence-corrected chi connectivity index (χ0v) is 18.0. The number of likely N-dealkylation sites (tertiary alicyclic amines) is 1. The fourth-order valence-corrected chi connectivity index (χ4v) is 3.89. The van der Waals surface area contributed by atoms with Crippen molar-refractivity contribution in [2.45, 2.75) is 45.2 Å². The van der Waals surface area contributed by atoms with Crippen LogP contribution in [0.15, 0.2) is 29.3 Å². The van der Waals surface area contributed by atoms with Crippen molar-refractivity contribution in [1.29, 1.82) is 0 Å². The molecule has 1 atom stereocenters. The third kappa shape index (κ3) is 8.33. The minimum Gasteiger partial charge on any atom is -0.381 e. The first kappa shape index (κ1) is 22.1. The highest BCUT2D eigenvalue weighted by Gasteiger charge is 2.15. The molecule has 1 aromatic carbocycles. The number of hydrogen-bond donors (Lipinski definition) is 2. The van der Waals surface area contributed by atoms with Gasteiger partial charge in [-0.25, -0.2) is 0 Å². The second kappa shape index (κ2) is 12.8. The summed E-state index contributed by atoms with van der Waals surface area (Å²) in [7, 11) is 1.81. The molecule has 0 bridgehead atoms. The van der Waals surface area contributed by atoms with E-state index >= 15 is 0 Å². The third-order valence-corrected chi connectivity index (χ3v) is 5.70. The van der Waals surface area contributed by atoms with Gasteiger partial charge in [-0.2, -0.15) is 0 Å². The van der Waals surface area contributed by atoms with Crippen molar-refractivity contribution in [2.75, 3.05) is 53.1 Å². The summed E-state index contributed by atoms with van der Waals surface area (Å²) >= 11 is 0. The maximum atomic E-state index is 5.74. The number of guanidine groups is 1. The van der Waals surface area contributed by atoms with Crippen LogP contribution in [0.4, 0.5) is 0 Å². The number of piperidine rings is 1.